The maximum atomic E-state index is 12.5. The van der Waals surface area contributed by atoms with Crippen molar-refractivity contribution in [3.63, 3.8) is 0 Å². The molecule has 0 saturated heterocycles. The van der Waals surface area contributed by atoms with Crippen LogP contribution >= 0.6 is 12.2 Å². The fourth-order valence-corrected chi connectivity index (χ4v) is 2.96. The molecule has 0 aliphatic heterocycles. The van der Waals surface area contributed by atoms with Gasteiger partial charge in [0.15, 0.2) is 5.11 Å². The lowest BCUT2D eigenvalue weighted by atomic mass is 10.1. The summed E-state index contributed by atoms with van der Waals surface area (Å²) in [7, 11) is 0. The van der Waals surface area contributed by atoms with E-state index in [-0.39, 0.29) is 10.8 Å². The Morgan fingerprint density at radius 2 is 1.80 bits per heavy atom. The SMILES string of the molecule is Cc1c(NC(=S)NC(=O)c2cccc(OCc3ccccc3)c2)cccc1[N+](=O)[O-]. The molecule has 3 aromatic rings. The zero-order valence-corrected chi connectivity index (χ0v) is 16.9. The number of carbonyl (C=O) groups excluding carboxylic acids is 1. The van der Waals surface area contributed by atoms with Gasteiger partial charge in [0.2, 0.25) is 0 Å². The molecule has 0 fully saturated rings. The third-order valence-electron chi connectivity index (χ3n) is 4.32. The largest absolute Gasteiger partial charge is 0.489 e. The van der Waals surface area contributed by atoms with Crippen LogP contribution in [0.2, 0.25) is 0 Å². The number of thiocarbonyl (C=S) groups is 1. The summed E-state index contributed by atoms with van der Waals surface area (Å²) in [5, 5.41) is 16.5. The number of ether oxygens (including phenoxy) is 1. The molecule has 0 spiro atoms. The molecule has 7 nitrogen and oxygen atoms in total. The molecular formula is C22H19N3O4S. The summed E-state index contributed by atoms with van der Waals surface area (Å²) in [4.78, 5) is 23.1. The van der Waals surface area contributed by atoms with Crippen LogP contribution in [-0.4, -0.2) is 15.9 Å². The molecule has 1 amide bonds. The topological polar surface area (TPSA) is 93.5 Å². The molecule has 0 bridgehead atoms. The van der Waals surface area contributed by atoms with Crippen molar-refractivity contribution in [2.24, 2.45) is 0 Å². The van der Waals surface area contributed by atoms with Crippen molar-refractivity contribution in [3.8, 4) is 5.75 Å². The average Bonchev–Trinajstić information content (AvgIpc) is 2.74. The van der Waals surface area contributed by atoms with Gasteiger partial charge in [-0.1, -0.05) is 42.5 Å². The minimum absolute atomic E-state index is 0.0302. The highest BCUT2D eigenvalue weighted by molar-refractivity contribution is 7.80. The summed E-state index contributed by atoms with van der Waals surface area (Å²) in [6, 6.07) is 21.1. The first-order chi connectivity index (χ1) is 14.4. The molecule has 8 heteroatoms. The molecule has 0 atom stereocenters. The second-order valence-electron chi connectivity index (χ2n) is 6.42. The van der Waals surface area contributed by atoms with Gasteiger partial charge in [-0.2, -0.15) is 0 Å². The Hall–Kier alpha value is -3.78. The smallest absolute Gasteiger partial charge is 0.274 e. The molecule has 0 unspecified atom stereocenters. The molecule has 0 aromatic heterocycles. The van der Waals surface area contributed by atoms with E-state index in [1.54, 1.807) is 43.3 Å². The van der Waals surface area contributed by atoms with Crippen LogP contribution in [0.1, 0.15) is 21.5 Å². The number of anilines is 1. The normalized spacial score (nSPS) is 10.2. The second kappa shape index (κ2) is 9.62. The summed E-state index contributed by atoms with van der Waals surface area (Å²) in [5.41, 5.74) is 2.24. The number of nitro groups is 1. The highest BCUT2D eigenvalue weighted by Gasteiger charge is 2.15. The number of rotatable bonds is 6. The van der Waals surface area contributed by atoms with E-state index in [0.717, 1.165) is 5.56 Å². The van der Waals surface area contributed by atoms with Gasteiger partial charge in [-0.15, -0.1) is 0 Å². The van der Waals surface area contributed by atoms with Gasteiger partial charge in [-0.3, -0.25) is 20.2 Å². The second-order valence-corrected chi connectivity index (χ2v) is 6.83. The summed E-state index contributed by atoms with van der Waals surface area (Å²) in [6.45, 7) is 2.00. The summed E-state index contributed by atoms with van der Waals surface area (Å²) >= 11 is 5.18. The standard InChI is InChI=1S/C22H19N3O4S/c1-15-19(11-6-12-20(15)25(27)28)23-22(30)24-21(26)17-9-5-10-18(13-17)29-14-16-7-3-2-4-8-16/h2-13H,14H2,1H3,(H2,23,24,26,30). The lowest BCUT2D eigenvalue weighted by Gasteiger charge is -2.12. The first-order valence-corrected chi connectivity index (χ1v) is 9.48. The molecule has 2 N–H and O–H groups in total. The first kappa shape index (κ1) is 20.9. The van der Waals surface area contributed by atoms with Crippen molar-refractivity contribution in [2.45, 2.75) is 13.5 Å². The summed E-state index contributed by atoms with van der Waals surface area (Å²) < 4.78 is 5.74. The highest BCUT2D eigenvalue weighted by atomic mass is 32.1. The van der Waals surface area contributed by atoms with E-state index >= 15 is 0 Å². The van der Waals surface area contributed by atoms with Crippen LogP contribution in [0.4, 0.5) is 11.4 Å². The van der Waals surface area contributed by atoms with Crippen molar-refractivity contribution in [2.75, 3.05) is 5.32 Å². The van der Waals surface area contributed by atoms with Crippen molar-refractivity contribution in [3.05, 3.63) is 99.6 Å². The number of amides is 1. The van der Waals surface area contributed by atoms with Gasteiger partial charge in [0.05, 0.1) is 16.2 Å². The van der Waals surface area contributed by atoms with Gasteiger partial charge >= 0.3 is 0 Å². The predicted octanol–water partition coefficient (Wildman–Crippen LogP) is 4.61. The van der Waals surface area contributed by atoms with E-state index in [1.165, 1.54) is 6.07 Å². The van der Waals surface area contributed by atoms with Crippen LogP contribution in [0.15, 0.2) is 72.8 Å². The highest BCUT2D eigenvalue weighted by Crippen LogP contribution is 2.25. The molecule has 3 aromatic carbocycles. The molecule has 0 aliphatic carbocycles. The van der Waals surface area contributed by atoms with Gasteiger partial charge in [0.25, 0.3) is 11.6 Å². The lowest BCUT2D eigenvalue weighted by molar-refractivity contribution is -0.385. The van der Waals surface area contributed by atoms with Gasteiger partial charge in [0.1, 0.15) is 12.4 Å². The van der Waals surface area contributed by atoms with E-state index in [4.69, 9.17) is 17.0 Å². The maximum absolute atomic E-state index is 12.5. The third kappa shape index (κ3) is 5.39. The van der Waals surface area contributed by atoms with Crippen LogP contribution in [-0.2, 0) is 6.61 Å². The summed E-state index contributed by atoms with van der Waals surface area (Å²) in [5.74, 6) is 0.139. The van der Waals surface area contributed by atoms with Crippen LogP contribution in [0.25, 0.3) is 0 Å². The number of nitrogens with one attached hydrogen (secondary N) is 2. The van der Waals surface area contributed by atoms with E-state index in [9.17, 15) is 14.9 Å². The van der Waals surface area contributed by atoms with Crippen LogP contribution in [0.3, 0.4) is 0 Å². The predicted molar refractivity (Wildman–Crippen MR) is 119 cm³/mol. The zero-order valence-electron chi connectivity index (χ0n) is 16.1. The quantitative estimate of drug-likeness (QED) is 0.343. The Morgan fingerprint density at radius 1 is 1.07 bits per heavy atom. The van der Waals surface area contributed by atoms with E-state index in [2.05, 4.69) is 10.6 Å². The molecule has 3 rings (SSSR count). The summed E-state index contributed by atoms with van der Waals surface area (Å²) in [6.07, 6.45) is 0. The van der Waals surface area contributed by atoms with E-state index in [1.807, 2.05) is 30.3 Å². The van der Waals surface area contributed by atoms with Crippen LogP contribution in [0.5, 0.6) is 5.75 Å². The van der Waals surface area contributed by atoms with Gasteiger partial charge in [0, 0.05) is 11.6 Å². The fourth-order valence-electron chi connectivity index (χ4n) is 2.75. The van der Waals surface area contributed by atoms with Crippen molar-refractivity contribution in [1.29, 1.82) is 0 Å². The van der Waals surface area contributed by atoms with Crippen LogP contribution < -0.4 is 15.4 Å². The number of nitrogens with zero attached hydrogens (tertiary/aromatic N) is 1. The van der Waals surface area contributed by atoms with Gasteiger partial charge in [-0.25, -0.2) is 0 Å². The van der Waals surface area contributed by atoms with Gasteiger partial charge in [-0.05, 0) is 49.0 Å². The Balaban J connectivity index is 1.62. The average molecular weight is 421 g/mol. The molecule has 0 heterocycles. The molecular weight excluding hydrogens is 402 g/mol. The molecule has 0 saturated carbocycles. The monoisotopic (exact) mass is 421 g/mol. The zero-order chi connectivity index (χ0) is 21.5. The van der Waals surface area contributed by atoms with E-state index in [0.29, 0.717) is 29.2 Å². The van der Waals surface area contributed by atoms with Crippen molar-refractivity contribution < 1.29 is 14.5 Å². The number of nitro benzene ring substituents is 1. The molecule has 0 aliphatic rings. The third-order valence-corrected chi connectivity index (χ3v) is 4.53. The lowest BCUT2D eigenvalue weighted by Crippen LogP contribution is -2.34. The molecule has 152 valence electrons. The van der Waals surface area contributed by atoms with Crippen LogP contribution in [0, 0.1) is 17.0 Å². The Kier molecular flexibility index (Phi) is 6.71. The van der Waals surface area contributed by atoms with E-state index < -0.39 is 10.8 Å². The Bertz CT molecular complexity index is 1090. The molecule has 30 heavy (non-hydrogen) atoms. The number of carbonyl (C=O) groups is 1. The minimum atomic E-state index is -0.469. The number of hydrogen-bond acceptors (Lipinski definition) is 5. The van der Waals surface area contributed by atoms with Crippen molar-refractivity contribution in [1.82, 2.24) is 5.32 Å². The van der Waals surface area contributed by atoms with Crippen molar-refractivity contribution >= 4 is 34.6 Å². The number of hydrogen-bond donors (Lipinski definition) is 2. The molecule has 0 radical (unpaired) electrons. The fraction of sp³-hybridized carbons (Fsp3) is 0.0909. The minimum Gasteiger partial charge on any atom is -0.489 e. The van der Waals surface area contributed by atoms with Gasteiger partial charge < -0.3 is 10.1 Å². The maximum Gasteiger partial charge on any atom is 0.274 e. The number of benzene rings is 3. The first-order valence-electron chi connectivity index (χ1n) is 9.07. The Morgan fingerprint density at radius 3 is 2.53 bits per heavy atom. The Labute approximate surface area is 178 Å².